The highest BCUT2D eigenvalue weighted by atomic mass is 16.5. The number of rotatable bonds is 3. The molecule has 1 aliphatic heterocycles. The summed E-state index contributed by atoms with van der Waals surface area (Å²) in [5.41, 5.74) is 1.35. The summed E-state index contributed by atoms with van der Waals surface area (Å²) < 4.78 is 0. The van der Waals surface area contributed by atoms with Gasteiger partial charge in [-0.05, 0) is 41.3 Å². The number of fused-ring (bicyclic) bond motifs is 5. The van der Waals surface area contributed by atoms with Crippen molar-refractivity contribution in [3.63, 3.8) is 0 Å². The van der Waals surface area contributed by atoms with Gasteiger partial charge in [-0.15, -0.1) is 0 Å². The molecule has 1 saturated carbocycles. The van der Waals surface area contributed by atoms with Gasteiger partial charge in [-0.2, -0.15) is 5.06 Å². The number of hydrogen-bond donors (Lipinski definition) is 2. The molecule has 8 rings (SSSR count). The fourth-order valence-electron chi connectivity index (χ4n) is 8.71. The number of phenolic OH excluding ortho intramolecular Hbond substituents is 1. The molecule has 7 heteroatoms. The van der Waals surface area contributed by atoms with E-state index >= 15 is 4.79 Å². The third kappa shape index (κ3) is 3.68. The molecule has 4 aromatic rings. The molecule has 1 saturated heterocycles. The SMILES string of the molecule is O=C1C(c2ccccc2)=CC(=O)[C@@]2(c3ccccc3)[C@@H](c3ccc4ccccc4c3O)C3=CC[C@@H]4C(=O)N(O)C(=O)[C@@H]4[C@@H]3C[C@@H]12. The Labute approximate surface area is 259 Å². The van der Waals surface area contributed by atoms with Crippen molar-refractivity contribution in [2.24, 2.45) is 23.7 Å². The van der Waals surface area contributed by atoms with E-state index in [9.17, 15) is 24.7 Å². The van der Waals surface area contributed by atoms with Crippen molar-refractivity contribution in [2.75, 3.05) is 0 Å². The first kappa shape index (κ1) is 27.4. The summed E-state index contributed by atoms with van der Waals surface area (Å²) in [7, 11) is 0. The van der Waals surface area contributed by atoms with E-state index in [-0.39, 0.29) is 35.2 Å². The number of allylic oxidation sites excluding steroid dienone is 4. The first-order valence-electron chi connectivity index (χ1n) is 15.2. The normalized spacial score (nSPS) is 29.2. The minimum absolute atomic E-state index is 0.00604. The second-order valence-corrected chi connectivity index (χ2v) is 12.5. The van der Waals surface area contributed by atoms with Crippen molar-refractivity contribution < 1.29 is 29.5 Å². The van der Waals surface area contributed by atoms with E-state index < -0.39 is 46.8 Å². The number of aromatic hydroxyl groups is 1. The Morgan fingerprint density at radius 3 is 2.20 bits per heavy atom. The molecule has 222 valence electrons. The molecule has 0 radical (unpaired) electrons. The maximum absolute atomic E-state index is 15.0. The van der Waals surface area contributed by atoms with Gasteiger partial charge in [-0.3, -0.25) is 24.4 Å². The Morgan fingerprint density at radius 2 is 1.44 bits per heavy atom. The first-order valence-corrected chi connectivity index (χ1v) is 15.2. The summed E-state index contributed by atoms with van der Waals surface area (Å²) in [6.45, 7) is 0. The average molecular weight is 596 g/mol. The van der Waals surface area contributed by atoms with Gasteiger partial charge < -0.3 is 5.11 Å². The van der Waals surface area contributed by atoms with Gasteiger partial charge in [0.25, 0.3) is 11.8 Å². The number of nitrogens with zero attached hydrogens (tertiary/aromatic N) is 1. The van der Waals surface area contributed by atoms with Crippen LogP contribution in [0.15, 0.2) is 115 Å². The molecule has 1 heterocycles. The molecule has 4 aromatic carbocycles. The molecule has 2 fully saturated rings. The van der Waals surface area contributed by atoms with E-state index in [1.165, 1.54) is 6.08 Å². The molecule has 3 aliphatic carbocycles. The number of hydroxylamine groups is 2. The number of benzene rings is 4. The van der Waals surface area contributed by atoms with Crippen LogP contribution in [0.25, 0.3) is 16.3 Å². The van der Waals surface area contributed by atoms with E-state index in [1.807, 2.05) is 91.0 Å². The molecule has 6 atom stereocenters. The van der Waals surface area contributed by atoms with Crippen molar-refractivity contribution in [3.8, 4) is 5.75 Å². The number of Topliss-reactive ketones (excluding diaryl/α,β-unsaturated/α-hetero) is 1. The van der Waals surface area contributed by atoms with Gasteiger partial charge in [0.2, 0.25) is 0 Å². The van der Waals surface area contributed by atoms with Crippen LogP contribution in [0.4, 0.5) is 0 Å². The van der Waals surface area contributed by atoms with Crippen LogP contribution in [-0.2, 0) is 24.6 Å². The molecule has 0 spiro atoms. The Hall–Kier alpha value is -5.14. The number of carbonyl (C=O) groups is 4. The number of hydrogen-bond acceptors (Lipinski definition) is 6. The molecule has 4 aliphatic rings. The van der Waals surface area contributed by atoms with Crippen molar-refractivity contribution in [3.05, 3.63) is 131 Å². The van der Waals surface area contributed by atoms with E-state index in [2.05, 4.69) is 0 Å². The van der Waals surface area contributed by atoms with E-state index in [0.717, 1.165) is 11.0 Å². The highest BCUT2D eigenvalue weighted by Gasteiger charge is 2.66. The fraction of sp³-hybridized carbons (Fsp3) is 0.211. The predicted molar refractivity (Wildman–Crippen MR) is 166 cm³/mol. The average Bonchev–Trinajstić information content (AvgIpc) is 3.30. The first-order chi connectivity index (χ1) is 21.8. The minimum atomic E-state index is -1.43. The third-order valence-electron chi connectivity index (χ3n) is 10.6. The predicted octanol–water partition coefficient (Wildman–Crippen LogP) is 5.76. The molecule has 7 nitrogen and oxygen atoms in total. The highest BCUT2D eigenvalue weighted by molar-refractivity contribution is 6.31. The van der Waals surface area contributed by atoms with E-state index in [0.29, 0.717) is 27.6 Å². The summed E-state index contributed by atoms with van der Waals surface area (Å²) in [4.78, 5) is 56.2. The van der Waals surface area contributed by atoms with E-state index in [4.69, 9.17) is 0 Å². The van der Waals surface area contributed by atoms with Crippen LogP contribution in [-0.4, -0.2) is 38.8 Å². The van der Waals surface area contributed by atoms with Gasteiger partial charge in [0.15, 0.2) is 11.6 Å². The van der Waals surface area contributed by atoms with Crippen LogP contribution in [0, 0.1) is 23.7 Å². The van der Waals surface area contributed by atoms with Gasteiger partial charge in [0.05, 0.1) is 17.3 Å². The molecular formula is C38H29NO6. The quantitative estimate of drug-likeness (QED) is 0.177. The Balaban J connectivity index is 1.45. The monoisotopic (exact) mass is 595 g/mol. The Morgan fingerprint density at radius 1 is 0.756 bits per heavy atom. The zero-order valence-electron chi connectivity index (χ0n) is 24.2. The van der Waals surface area contributed by atoms with Gasteiger partial charge in [0, 0.05) is 28.4 Å². The lowest BCUT2D eigenvalue weighted by Crippen LogP contribution is -2.58. The maximum Gasteiger partial charge on any atom is 0.257 e. The third-order valence-corrected chi connectivity index (χ3v) is 10.6. The van der Waals surface area contributed by atoms with Gasteiger partial charge in [-0.1, -0.05) is 109 Å². The lowest BCUT2D eigenvalue weighted by atomic mass is 9.44. The topological polar surface area (TPSA) is 112 Å². The molecular weight excluding hydrogens is 566 g/mol. The minimum Gasteiger partial charge on any atom is -0.507 e. The second-order valence-electron chi connectivity index (χ2n) is 12.5. The summed E-state index contributed by atoms with van der Waals surface area (Å²) in [5, 5.41) is 24.0. The highest BCUT2D eigenvalue weighted by Crippen LogP contribution is 2.64. The Bertz CT molecular complexity index is 2000. The van der Waals surface area contributed by atoms with Gasteiger partial charge in [0.1, 0.15) is 5.75 Å². The number of carbonyl (C=O) groups excluding carboxylic acids is 4. The lowest BCUT2D eigenvalue weighted by Gasteiger charge is -2.55. The van der Waals surface area contributed by atoms with Crippen molar-refractivity contribution in [1.82, 2.24) is 5.06 Å². The zero-order valence-corrected chi connectivity index (χ0v) is 24.2. The summed E-state index contributed by atoms with van der Waals surface area (Å²) in [5.74, 6) is -5.81. The maximum atomic E-state index is 15.0. The summed E-state index contributed by atoms with van der Waals surface area (Å²) >= 11 is 0. The lowest BCUT2D eigenvalue weighted by molar-refractivity contribution is -0.173. The Kier molecular flexibility index (Phi) is 6.05. The van der Waals surface area contributed by atoms with Crippen LogP contribution >= 0.6 is 0 Å². The largest absolute Gasteiger partial charge is 0.507 e. The van der Waals surface area contributed by atoms with Crippen molar-refractivity contribution >= 4 is 39.7 Å². The van der Waals surface area contributed by atoms with Crippen LogP contribution < -0.4 is 0 Å². The summed E-state index contributed by atoms with van der Waals surface area (Å²) in [6, 6.07) is 29.5. The summed E-state index contributed by atoms with van der Waals surface area (Å²) in [6.07, 6.45) is 3.70. The molecule has 0 bridgehead atoms. The fourth-order valence-corrected chi connectivity index (χ4v) is 8.71. The van der Waals surface area contributed by atoms with Crippen LogP contribution in [0.5, 0.6) is 5.75 Å². The number of amides is 2. The number of imide groups is 1. The van der Waals surface area contributed by atoms with Gasteiger partial charge >= 0.3 is 0 Å². The molecule has 2 amide bonds. The van der Waals surface area contributed by atoms with Gasteiger partial charge in [-0.25, -0.2) is 0 Å². The van der Waals surface area contributed by atoms with Crippen molar-refractivity contribution in [1.29, 1.82) is 0 Å². The number of ketones is 2. The number of phenols is 1. The van der Waals surface area contributed by atoms with Crippen LogP contribution in [0.3, 0.4) is 0 Å². The molecule has 0 aromatic heterocycles. The van der Waals surface area contributed by atoms with Crippen LogP contribution in [0.2, 0.25) is 0 Å². The van der Waals surface area contributed by atoms with Crippen LogP contribution in [0.1, 0.15) is 35.4 Å². The second kappa shape index (κ2) is 9.94. The molecule has 45 heavy (non-hydrogen) atoms. The standard InChI is InChI=1S/C38H29NO6/c40-31-20-28(21-9-3-1-4-10-21)35(42)30-19-29-25(17-18-26-32(29)37(44)39(45)36(26)43)33(38(30,31)23-12-5-2-6-13-23)27-16-15-22-11-7-8-14-24(22)34(27)41/h1-17,20,26,29-30,32-33,41,45H,18-19H2/t26-,29+,30-,32-,33+,38-/m0/s1. The molecule has 0 unspecified atom stereocenters. The molecule has 2 N–H and O–H groups in total. The van der Waals surface area contributed by atoms with Crippen molar-refractivity contribution in [2.45, 2.75) is 24.2 Å². The van der Waals surface area contributed by atoms with E-state index in [1.54, 1.807) is 12.1 Å². The zero-order chi connectivity index (χ0) is 31.0. The smallest absolute Gasteiger partial charge is 0.257 e.